The van der Waals surface area contributed by atoms with Gasteiger partial charge in [-0.25, -0.2) is 0 Å². The van der Waals surface area contributed by atoms with Crippen LogP contribution in [0.1, 0.15) is 37.1 Å². The van der Waals surface area contributed by atoms with E-state index in [0.717, 1.165) is 22.2 Å². The van der Waals surface area contributed by atoms with E-state index in [0.29, 0.717) is 12.3 Å². The van der Waals surface area contributed by atoms with Crippen molar-refractivity contribution in [1.29, 1.82) is 0 Å². The molecule has 4 rings (SSSR count). The van der Waals surface area contributed by atoms with Crippen LogP contribution < -0.4 is 10.1 Å². The second-order valence-electron chi connectivity index (χ2n) is 7.40. The van der Waals surface area contributed by atoms with Crippen molar-refractivity contribution in [2.24, 2.45) is 0 Å². The summed E-state index contributed by atoms with van der Waals surface area (Å²) < 4.78 is 6.04. The summed E-state index contributed by atoms with van der Waals surface area (Å²) in [6.45, 7) is 4.01. The Labute approximate surface area is 157 Å². The lowest BCUT2D eigenvalue weighted by Gasteiger charge is -2.42. The number of rotatable bonds is 4. The zero-order chi connectivity index (χ0) is 19.0. The van der Waals surface area contributed by atoms with Gasteiger partial charge in [-0.2, -0.15) is 0 Å². The Hall–Kier alpha value is -2.54. The van der Waals surface area contributed by atoms with Gasteiger partial charge in [0.1, 0.15) is 17.5 Å². The average molecular weight is 365 g/mol. The van der Waals surface area contributed by atoms with Gasteiger partial charge in [-0.1, -0.05) is 30.3 Å². The Morgan fingerprint density at radius 3 is 2.48 bits per heavy atom. The minimum atomic E-state index is -0.790. The van der Waals surface area contributed by atoms with E-state index in [-0.39, 0.29) is 0 Å². The maximum atomic E-state index is 10.9. The molecule has 2 heterocycles. The monoisotopic (exact) mass is 365 g/mol. The molecule has 0 bridgehead atoms. The number of aromatic nitrogens is 2. The SMILES string of the molecule is CC1(C)Oc2cc3nccnc3cc2[C@H](NCC(O)c2ccccc2)[C@H]1O. The number of benzene rings is 2. The molecule has 3 aromatic rings. The van der Waals surface area contributed by atoms with Crippen molar-refractivity contribution in [1.82, 2.24) is 15.3 Å². The van der Waals surface area contributed by atoms with Gasteiger partial charge in [0, 0.05) is 30.6 Å². The summed E-state index contributed by atoms with van der Waals surface area (Å²) in [4.78, 5) is 8.68. The normalized spacial score (nSPS) is 22.1. The van der Waals surface area contributed by atoms with Crippen LogP contribution in [0.2, 0.25) is 0 Å². The fourth-order valence-electron chi connectivity index (χ4n) is 3.51. The van der Waals surface area contributed by atoms with E-state index in [1.807, 2.05) is 56.3 Å². The number of fused-ring (bicyclic) bond motifs is 2. The highest BCUT2D eigenvalue weighted by Crippen LogP contribution is 2.41. The van der Waals surface area contributed by atoms with Crippen LogP contribution in [0.4, 0.5) is 0 Å². The molecule has 0 saturated heterocycles. The summed E-state index contributed by atoms with van der Waals surface area (Å²) in [6, 6.07) is 12.8. The van der Waals surface area contributed by atoms with Crippen LogP contribution in [0.3, 0.4) is 0 Å². The van der Waals surface area contributed by atoms with Gasteiger partial charge in [-0.15, -0.1) is 0 Å². The largest absolute Gasteiger partial charge is 0.485 e. The number of aliphatic hydroxyl groups excluding tert-OH is 2. The molecule has 1 unspecified atom stereocenters. The van der Waals surface area contributed by atoms with Crippen LogP contribution in [-0.4, -0.2) is 38.4 Å². The fraction of sp³-hybridized carbons (Fsp3) is 0.333. The van der Waals surface area contributed by atoms with Gasteiger partial charge in [0.15, 0.2) is 0 Å². The Kier molecular flexibility index (Phi) is 4.55. The Balaban J connectivity index is 1.66. The summed E-state index contributed by atoms with van der Waals surface area (Å²) in [5.41, 5.74) is 2.34. The summed E-state index contributed by atoms with van der Waals surface area (Å²) >= 11 is 0. The zero-order valence-corrected chi connectivity index (χ0v) is 15.3. The van der Waals surface area contributed by atoms with Crippen molar-refractivity contribution in [3.63, 3.8) is 0 Å². The molecule has 140 valence electrons. The van der Waals surface area contributed by atoms with Crippen LogP contribution in [0.25, 0.3) is 11.0 Å². The molecule has 6 heteroatoms. The maximum absolute atomic E-state index is 10.9. The highest BCUT2D eigenvalue weighted by molar-refractivity contribution is 5.77. The number of nitrogens with zero attached hydrogens (tertiary/aromatic N) is 2. The second-order valence-corrected chi connectivity index (χ2v) is 7.40. The molecule has 2 aromatic carbocycles. The molecule has 27 heavy (non-hydrogen) atoms. The molecule has 1 aliphatic heterocycles. The highest BCUT2D eigenvalue weighted by Gasteiger charge is 2.43. The molecular weight excluding hydrogens is 342 g/mol. The molecule has 1 aromatic heterocycles. The van der Waals surface area contributed by atoms with E-state index in [2.05, 4.69) is 15.3 Å². The van der Waals surface area contributed by atoms with E-state index in [9.17, 15) is 10.2 Å². The molecule has 0 spiro atoms. The summed E-state index contributed by atoms with van der Waals surface area (Å²) in [5, 5.41) is 24.7. The average Bonchev–Trinajstić information content (AvgIpc) is 2.67. The summed E-state index contributed by atoms with van der Waals surface area (Å²) in [5.74, 6) is 0.671. The van der Waals surface area contributed by atoms with Gasteiger partial charge in [-0.05, 0) is 25.5 Å². The lowest BCUT2D eigenvalue weighted by Crippen LogP contribution is -2.53. The van der Waals surface area contributed by atoms with E-state index in [1.54, 1.807) is 12.4 Å². The first kappa shape index (κ1) is 17.9. The number of hydrogen-bond acceptors (Lipinski definition) is 6. The third-order valence-electron chi connectivity index (χ3n) is 5.05. The van der Waals surface area contributed by atoms with Crippen molar-refractivity contribution in [3.05, 3.63) is 66.0 Å². The summed E-state index contributed by atoms with van der Waals surface area (Å²) in [7, 11) is 0. The predicted octanol–water partition coefficient (Wildman–Crippen LogP) is 2.53. The van der Waals surface area contributed by atoms with E-state index in [4.69, 9.17) is 4.74 Å². The molecule has 3 atom stereocenters. The van der Waals surface area contributed by atoms with Crippen LogP contribution in [0.5, 0.6) is 5.75 Å². The number of ether oxygens (including phenoxy) is 1. The zero-order valence-electron chi connectivity index (χ0n) is 15.3. The molecule has 0 saturated carbocycles. The van der Waals surface area contributed by atoms with E-state index >= 15 is 0 Å². The number of hydrogen-bond donors (Lipinski definition) is 3. The smallest absolute Gasteiger partial charge is 0.131 e. The van der Waals surface area contributed by atoms with Crippen molar-refractivity contribution < 1.29 is 14.9 Å². The number of aliphatic hydroxyl groups is 2. The maximum Gasteiger partial charge on any atom is 0.131 e. The standard InChI is InChI=1S/C21H23N3O3/c1-21(2)20(26)19(24-12-17(25)13-6-4-3-5-7-13)14-10-15-16(11-18(14)27-21)23-9-8-22-15/h3-11,17,19-20,24-26H,12H2,1-2H3/t17?,19-,20+/m0/s1. The molecule has 0 amide bonds. The third kappa shape index (κ3) is 3.39. The lowest BCUT2D eigenvalue weighted by molar-refractivity contribution is -0.0659. The van der Waals surface area contributed by atoms with Crippen molar-refractivity contribution >= 4 is 11.0 Å². The molecule has 0 radical (unpaired) electrons. The molecule has 1 aliphatic rings. The van der Waals surface area contributed by atoms with Crippen molar-refractivity contribution in [2.75, 3.05) is 6.54 Å². The molecule has 0 fully saturated rings. The van der Waals surface area contributed by atoms with Crippen LogP contribution in [0.15, 0.2) is 54.9 Å². The highest BCUT2D eigenvalue weighted by atomic mass is 16.5. The molecule has 6 nitrogen and oxygen atoms in total. The minimum Gasteiger partial charge on any atom is -0.485 e. The van der Waals surface area contributed by atoms with Crippen molar-refractivity contribution in [2.45, 2.75) is 37.7 Å². The first-order chi connectivity index (χ1) is 13.0. The topological polar surface area (TPSA) is 87.5 Å². The lowest BCUT2D eigenvalue weighted by atomic mass is 9.86. The molecule has 3 N–H and O–H groups in total. The Morgan fingerprint density at radius 2 is 1.78 bits per heavy atom. The van der Waals surface area contributed by atoms with Gasteiger partial charge in [0.25, 0.3) is 0 Å². The Morgan fingerprint density at radius 1 is 1.11 bits per heavy atom. The molecular formula is C21H23N3O3. The summed E-state index contributed by atoms with van der Waals surface area (Å²) in [6.07, 6.45) is 1.82. The predicted molar refractivity (Wildman–Crippen MR) is 102 cm³/mol. The fourth-order valence-corrected chi connectivity index (χ4v) is 3.51. The first-order valence-corrected chi connectivity index (χ1v) is 9.04. The minimum absolute atomic E-state index is 0.305. The van der Waals surface area contributed by atoms with Crippen LogP contribution >= 0.6 is 0 Å². The van der Waals surface area contributed by atoms with Gasteiger partial charge in [0.05, 0.1) is 23.2 Å². The molecule has 0 aliphatic carbocycles. The quantitative estimate of drug-likeness (QED) is 0.659. The van der Waals surface area contributed by atoms with Crippen LogP contribution in [0, 0.1) is 0 Å². The van der Waals surface area contributed by atoms with E-state index in [1.165, 1.54) is 0 Å². The first-order valence-electron chi connectivity index (χ1n) is 9.04. The van der Waals surface area contributed by atoms with Gasteiger partial charge >= 0.3 is 0 Å². The van der Waals surface area contributed by atoms with E-state index < -0.39 is 23.9 Å². The third-order valence-corrected chi connectivity index (χ3v) is 5.05. The van der Waals surface area contributed by atoms with Crippen molar-refractivity contribution in [3.8, 4) is 5.75 Å². The second kappa shape index (κ2) is 6.88. The van der Waals surface area contributed by atoms with Crippen LogP contribution in [-0.2, 0) is 0 Å². The Bertz CT molecular complexity index is 946. The van der Waals surface area contributed by atoms with Gasteiger partial charge in [-0.3, -0.25) is 9.97 Å². The van der Waals surface area contributed by atoms with Gasteiger partial charge < -0.3 is 20.3 Å². The number of nitrogens with one attached hydrogen (secondary N) is 1. The van der Waals surface area contributed by atoms with Gasteiger partial charge in [0.2, 0.25) is 0 Å².